The van der Waals surface area contributed by atoms with Gasteiger partial charge in [0.05, 0.1) is 5.39 Å². The van der Waals surface area contributed by atoms with Crippen molar-refractivity contribution in [1.82, 2.24) is 0 Å². The molecule has 4 rings (SSSR count). The van der Waals surface area contributed by atoms with Crippen molar-refractivity contribution in [1.29, 1.82) is 0 Å². The van der Waals surface area contributed by atoms with Crippen LogP contribution in [0.5, 0.6) is 0 Å². The summed E-state index contributed by atoms with van der Waals surface area (Å²) < 4.78 is 7.16. The zero-order valence-corrected chi connectivity index (χ0v) is 11.0. The number of aryl methyl sites for hydroxylation is 1. The van der Waals surface area contributed by atoms with Gasteiger partial charge in [0.15, 0.2) is 5.58 Å². The van der Waals surface area contributed by atoms with Crippen molar-refractivity contribution in [3.05, 3.63) is 70.7 Å². The molecule has 0 atom stereocenters. The number of fused-ring (bicyclic) bond motifs is 5. The molecule has 0 N–H and O–H groups in total. The van der Waals surface area contributed by atoms with Gasteiger partial charge >= 0.3 is 5.76 Å². The third kappa shape index (κ3) is 1.40. The molecule has 0 aliphatic rings. The molecule has 0 aliphatic carbocycles. The topological polar surface area (TPSA) is 34.3 Å². The van der Waals surface area contributed by atoms with E-state index in [1.807, 2.05) is 61.5 Å². The Morgan fingerprint density at radius 1 is 0.900 bits per heavy atom. The predicted octanol–water partition coefficient (Wildman–Crippen LogP) is 2.99. The van der Waals surface area contributed by atoms with Gasteiger partial charge in [-0.3, -0.25) is 0 Å². The summed E-state index contributed by atoms with van der Waals surface area (Å²) in [5.74, 6) is -0.349. The largest absolute Gasteiger partial charge is 0.608 e. The SMILES string of the molecule is Cc1cccc2c1oc(=O)[n+]1c3ccccc3ccc21. The van der Waals surface area contributed by atoms with Crippen molar-refractivity contribution in [3.8, 4) is 0 Å². The molecule has 4 aromatic rings. The second kappa shape index (κ2) is 3.90. The van der Waals surface area contributed by atoms with E-state index in [4.69, 9.17) is 4.42 Å². The van der Waals surface area contributed by atoms with Crippen LogP contribution in [0.15, 0.2) is 63.8 Å². The number of rotatable bonds is 0. The van der Waals surface area contributed by atoms with Gasteiger partial charge in [0, 0.05) is 17.5 Å². The highest BCUT2D eigenvalue weighted by Crippen LogP contribution is 2.20. The molecule has 20 heavy (non-hydrogen) atoms. The van der Waals surface area contributed by atoms with E-state index in [2.05, 4.69) is 0 Å². The van der Waals surface area contributed by atoms with Crippen LogP contribution in [0.4, 0.5) is 0 Å². The van der Waals surface area contributed by atoms with E-state index in [0.717, 1.165) is 27.4 Å². The van der Waals surface area contributed by atoms with Crippen molar-refractivity contribution in [3.63, 3.8) is 0 Å². The fourth-order valence-corrected chi connectivity index (χ4v) is 2.73. The van der Waals surface area contributed by atoms with E-state index in [9.17, 15) is 4.79 Å². The van der Waals surface area contributed by atoms with Gasteiger partial charge in [0.1, 0.15) is 0 Å². The maximum atomic E-state index is 12.4. The van der Waals surface area contributed by atoms with Gasteiger partial charge in [0.2, 0.25) is 11.0 Å². The molecular formula is C17H12NO2+. The number of pyridine rings is 1. The normalized spacial score (nSPS) is 11.4. The molecule has 0 amide bonds. The van der Waals surface area contributed by atoms with Crippen molar-refractivity contribution in [2.45, 2.75) is 6.92 Å². The average molecular weight is 262 g/mol. The smallest absolute Gasteiger partial charge is 0.371 e. The molecular weight excluding hydrogens is 250 g/mol. The highest BCUT2D eigenvalue weighted by atomic mass is 16.4. The van der Waals surface area contributed by atoms with Gasteiger partial charge in [-0.05, 0) is 30.7 Å². The zero-order valence-electron chi connectivity index (χ0n) is 11.0. The summed E-state index contributed by atoms with van der Waals surface area (Å²) in [5.41, 5.74) is 3.36. The first-order valence-corrected chi connectivity index (χ1v) is 6.52. The fraction of sp³-hybridized carbons (Fsp3) is 0.0588. The molecule has 3 heteroatoms. The van der Waals surface area contributed by atoms with E-state index < -0.39 is 0 Å². The average Bonchev–Trinajstić information content (AvgIpc) is 2.48. The quantitative estimate of drug-likeness (QED) is 0.360. The van der Waals surface area contributed by atoms with Crippen molar-refractivity contribution < 1.29 is 8.82 Å². The Morgan fingerprint density at radius 2 is 1.75 bits per heavy atom. The molecule has 96 valence electrons. The van der Waals surface area contributed by atoms with Crippen LogP contribution in [0, 0.1) is 6.92 Å². The molecule has 0 saturated heterocycles. The molecule has 0 aliphatic heterocycles. The Kier molecular flexibility index (Phi) is 2.18. The maximum absolute atomic E-state index is 12.4. The Labute approximate surface area is 114 Å². The van der Waals surface area contributed by atoms with Crippen molar-refractivity contribution >= 4 is 27.4 Å². The number of benzene rings is 2. The molecule has 0 radical (unpaired) electrons. The maximum Gasteiger partial charge on any atom is 0.608 e. The lowest BCUT2D eigenvalue weighted by molar-refractivity contribution is -0.514. The Balaban J connectivity index is 2.38. The minimum Gasteiger partial charge on any atom is -0.371 e. The Morgan fingerprint density at radius 3 is 2.65 bits per heavy atom. The molecule has 0 spiro atoms. The first kappa shape index (κ1) is 11.2. The molecule has 3 nitrogen and oxygen atoms in total. The second-order valence-electron chi connectivity index (χ2n) is 4.93. The van der Waals surface area contributed by atoms with Gasteiger partial charge in [-0.2, -0.15) is 4.79 Å². The van der Waals surface area contributed by atoms with Crippen LogP contribution in [0.25, 0.3) is 27.4 Å². The molecule has 0 saturated carbocycles. The third-order valence-electron chi connectivity index (χ3n) is 3.70. The first-order chi connectivity index (χ1) is 9.75. The van der Waals surface area contributed by atoms with E-state index in [0.29, 0.717) is 5.58 Å². The molecule has 0 unspecified atom stereocenters. The fourth-order valence-electron chi connectivity index (χ4n) is 2.73. The van der Waals surface area contributed by atoms with Gasteiger partial charge in [-0.25, -0.2) is 0 Å². The van der Waals surface area contributed by atoms with Crippen LogP contribution in [0.2, 0.25) is 0 Å². The first-order valence-electron chi connectivity index (χ1n) is 6.52. The van der Waals surface area contributed by atoms with Crippen LogP contribution in [-0.2, 0) is 0 Å². The van der Waals surface area contributed by atoms with Crippen LogP contribution < -0.4 is 10.2 Å². The minimum absolute atomic E-state index is 0.349. The van der Waals surface area contributed by atoms with Crippen LogP contribution in [0.3, 0.4) is 0 Å². The number of aromatic nitrogens is 1. The summed E-state index contributed by atoms with van der Waals surface area (Å²) >= 11 is 0. The standard InChI is InChI=1S/C17H12NO2/c1-11-5-4-7-13-15-10-9-12-6-2-3-8-14(12)18(15)17(19)20-16(11)13/h2-10H,1H3/q+1. The van der Waals surface area contributed by atoms with Crippen LogP contribution in [0.1, 0.15) is 5.56 Å². The highest BCUT2D eigenvalue weighted by Gasteiger charge is 2.18. The molecule has 2 aromatic carbocycles. The van der Waals surface area contributed by atoms with E-state index in [-0.39, 0.29) is 5.76 Å². The van der Waals surface area contributed by atoms with Crippen LogP contribution in [-0.4, -0.2) is 0 Å². The molecule has 2 aromatic heterocycles. The summed E-state index contributed by atoms with van der Waals surface area (Å²) in [6, 6.07) is 17.7. The number of hydrogen-bond acceptors (Lipinski definition) is 2. The Hall–Kier alpha value is -2.68. The van der Waals surface area contributed by atoms with Crippen LogP contribution >= 0.6 is 0 Å². The molecule has 0 bridgehead atoms. The van der Waals surface area contributed by atoms with Gasteiger partial charge < -0.3 is 4.42 Å². The van der Waals surface area contributed by atoms with Crippen molar-refractivity contribution in [2.75, 3.05) is 0 Å². The van der Waals surface area contributed by atoms with E-state index >= 15 is 0 Å². The van der Waals surface area contributed by atoms with Gasteiger partial charge in [-0.15, -0.1) is 0 Å². The lowest BCUT2D eigenvalue weighted by atomic mass is 10.1. The predicted molar refractivity (Wildman–Crippen MR) is 77.9 cm³/mol. The summed E-state index contributed by atoms with van der Waals surface area (Å²) in [7, 11) is 0. The summed E-state index contributed by atoms with van der Waals surface area (Å²) in [6.45, 7) is 1.95. The van der Waals surface area contributed by atoms with Crippen molar-refractivity contribution in [2.24, 2.45) is 0 Å². The Bertz CT molecular complexity index is 1030. The lowest BCUT2D eigenvalue weighted by Gasteiger charge is -2.01. The van der Waals surface area contributed by atoms with E-state index in [1.165, 1.54) is 0 Å². The lowest BCUT2D eigenvalue weighted by Crippen LogP contribution is -2.40. The number of nitrogens with zero attached hydrogens (tertiary/aromatic N) is 1. The highest BCUT2D eigenvalue weighted by molar-refractivity contribution is 5.93. The summed E-state index contributed by atoms with van der Waals surface area (Å²) in [4.78, 5) is 12.4. The molecule has 2 heterocycles. The van der Waals surface area contributed by atoms with E-state index in [1.54, 1.807) is 4.40 Å². The number of hydrogen-bond donors (Lipinski definition) is 0. The van der Waals surface area contributed by atoms with Gasteiger partial charge in [0.25, 0.3) is 0 Å². The summed E-state index contributed by atoms with van der Waals surface area (Å²) in [6.07, 6.45) is 0. The minimum atomic E-state index is -0.349. The summed E-state index contributed by atoms with van der Waals surface area (Å²) in [5, 5.41) is 1.97. The third-order valence-corrected chi connectivity index (χ3v) is 3.70. The second-order valence-corrected chi connectivity index (χ2v) is 4.93. The number of para-hydroxylation sites is 2. The van der Waals surface area contributed by atoms with Gasteiger partial charge in [-0.1, -0.05) is 28.7 Å². The monoisotopic (exact) mass is 262 g/mol. The molecule has 0 fully saturated rings. The zero-order chi connectivity index (χ0) is 13.7.